The highest BCUT2D eigenvalue weighted by Crippen LogP contribution is 2.15. The van der Waals surface area contributed by atoms with Crippen molar-refractivity contribution in [3.8, 4) is 0 Å². The molecule has 1 aliphatic rings. The van der Waals surface area contributed by atoms with Crippen LogP contribution in [0.15, 0.2) is 0 Å². The minimum atomic E-state index is -0.528. The maximum absolute atomic E-state index is 11.5. The Hall–Kier alpha value is -0.610. The quantitative estimate of drug-likeness (QED) is 0.518. The van der Waals surface area contributed by atoms with Crippen LogP contribution in [-0.2, 0) is 19.0 Å². The molecular formula is C12H22O4. The lowest BCUT2D eigenvalue weighted by atomic mass is 10.2. The SMILES string of the molecule is CCCCOC(=O)[C@@H](C)OC1CCCCO1. The molecule has 0 aromatic carbocycles. The number of carbonyl (C=O) groups is 1. The molecule has 2 atom stereocenters. The highest BCUT2D eigenvalue weighted by atomic mass is 16.7. The van der Waals surface area contributed by atoms with Crippen LogP contribution in [0.1, 0.15) is 46.0 Å². The molecule has 0 spiro atoms. The van der Waals surface area contributed by atoms with E-state index < -0.39 is 6.10 Å². The maximum Gasteiger partial charge on any atom is 0.335 e. The topological polar surface area (TPSA) is 44.8 Å². The fourth-order valence-corrected chi connectivity index (χ4v) is 1.54. The van der Waals surface area contributed by atoms with Gasteiger partial charge in [-0.1, -0.05) is 13.3 Å². The first-order valence-electron chi connectivity index (χ1n) is 6.17. The molecule has 0 saturated carbocycles. The largest absolute Gasteiger partial charge is 0.464 e. The molecule has 4 heteroatoms. The number of hydrogen-bond donors (Lipinski definition) is 0. The van der Waals surface area contributed by atoms with Gasteiger partial charge in [0.1, 0.15) is 0 Å². The summed E-state index contributed by atoms with van der Waals surface area (Å²) < 4.78 is 15.9. The Morgan fingerprint density at radius 1 is 1.50 bits per heavy atom. The average Bonchev–Trinajstić information content (AvgIpc) is 2.30. The van der Waals surface area contributed by atoms with Gasteiger partial charge in [0.25, 0.3) is 0 Å². The number of esters is 1. The van der Waals surface area contributed by atoms with Gasteiger partial charge in [-0.05, 0) is 32.6 Å². The van der Waals surface area contributed by atoms with E-state index in [4.69, 9.17) is 14.2 Å². The summed E-state index contributed by atoms with van der Waals surface area (Å²) in [4.78, 5) is 11.5. The Bertz CT molecular complexity index is 199. The zero-order chi connectivity index (χ0) is 11.8. The molecule has 1 heterocycles. The van der Waals surface area contributed by atoms with Crippen LogP contribution in [0.4, 0.5) is 0 Å². The summed E-state index contributed by atoms with van der Waals surface area (Å²) in [6.07, 6.45) is 4.21. The van der Waals surface area contributed by atoms with Gasteiger partial charge in [0.2, 0.25) is 0 Å². The molecule has 1 rings (SSSR count). The van der Waals surface area contributed by atoms with Crippen LogP contribution < -0.4 is 0 Å². The summed E-state index contributed by atoms with van der Waals surface area (Å²) in [6, 6.07) is 0. The molecule has 4 nitrogen and oxygen atoms in total. The van der Waals surface area contributed by atoms with Crippen molar-refractivity contribution in [2.75, 3.05) is 13.2 Å². The van der Waals surface area contributed by atoms with Gasteiger partial charge >= 0.3 is 5.97 Å². The normalized spacial score (nSPS) is 22.8. The fourth-order valence-electron chi connectivity index (χ4n) is 1.54. The molecule has 1 saturated heterocycles. The molecule has 1 unspecified atom stereocenters. The summed E-state index contributed by atoms with van der Waals surface area (Å²) in [7, 11) is 0. The van der Waals surface area contributed by atoms with E-state index >= 15 is 0 Å². The van der Waals surface area contributed by atoms with E-state index in [1.807, 2.05) is 0 Å². The molecule has 94 valence electrons. The number of ether oxygens (including phenoxy) is 3. The summed E-state index contributed by atoms with van der Waals surface area (Å²) >= 11 is 0. The van der Waals surface area contributed by atoms with Crippen molar-refractivity contribution < 1.29 is 19.0 Å². The van der Waals surface area contributed by atoms with Crippen LogP contribution >= 0.6 is 0 Å². The van der Waals surface area contributed by atoms with Gasteiger partial charge in [-0.3, -0.25) is 0 Å². The monoisotopic (exact) mass is 230 g/mol. The van der Waals surface area contributed by atoms with Crippen LogP contribution in [-0.4, -0.2) is 31.6 Å². The number of rotatable bonds is 6. The van der Waals surface area contributed by atoms with E-state index in [0.29, 0.717) is 6.61 Å². The van der Waals surface area contributed by atoms with E-state index in [0.717, 1.165) is 38.7 Å². The first kappa shape index (κ1) is 13.5. The Balaban J connectivity index is 2.16. The summed E-state index contributed by atoms with van der Waals surface area (Å²) in [5.74, 6) is -0.289. The first-order valence-corrected chi connectivity index (χ1v) is 6.17. The third-order valence-electron chi connectivity index (χ3n) is 2.57. The summed E-state index contributed by atoms with van der Waals surface area (Å²) in [5, 5.41) is 0. The van der Waals surface area contributed by atoms with E-state index in [9.17, 15) is 4.79 Å². The second-order valence-electron chi connectivity index (χ2n) is 4.10. The van der Waals surface area contributed by atoms with Gasteiger partial charge in [-0.25, -0.2) is 4.79 Å². The Morgan fingerprint density at radius 3 is 2.94 bits per heavy atom. The van der Waals surface area contributed by atoms with Crippen LogP contribution in [0, 0.1) is 0 Å². The molecule has 0 aromatic rings. The van der Waals surface area contributed by atoms with E-state index in [1.54, 1.807) is 6.92 Å². The minimum Gasteiger partial charge on any atom is -0.464 e. The van der Waals surface area contributed by atoms with E-state index in [2.05, 4.69) is 6.92 Å². The predicted molar refractivity (Wildman–Crippen MR) is 60.0 cm³/mol. The third-order valence-corrected chi connectivity index (χ3v) is 2.57. The van der Waals surface area contributed by atoms with Gasteiger partial charge in [0.05, 0.1) is 6.61 Å². The van der Waals surface area contributed by atoms with Crippen molar-refractivity contribution in [2.24, 2.45) is 0 Å². The smallest absolute Gasteiger partial charge is 0.335 e. The second kappa shape index (κ2) is 7.63. The standard InChI is InChI=1S/C12H22O4/c1-3-4-8-15-12(13)10(2)16-11-7-5-6-9-14-11/h10-11H,3-9H2,1-2H3/t10-,11?/m1/s1. The van der Waals surface area contributed by atoms with Crippen LogP contribution in [0.2, 0.25) is 0 Å². The zero-order valence-corrected chi connectivity index (χ0v) is 10.2. The van der Waals surface area contributed by atoms with Crippen molar-refractivity contribution in [3.63, 3.8) is 0 Å². The molecule has 1 fully saturated rings. The van der Waals surface area contributed by atoms with Crippen LogP contribution in [0.5, 0.6) is 0 Å². The molecule has 0 aliphatic carbocycles. The third kappa shape index (κ3) is 4.94. The Kier molecular flexibility index (Phi) is 6.42. The lowest BCUT2D eigenvalue weighted by molar-refractivity contribution is -0.200. The highest BCUT2D eigenvalue weighted by Gasteiger charge is 2.22. The summed E-state index contributed by atoms with van der Waals surface area (Å²) in [5.41, 5.74) is 0. The molecule has 0 radical (unpaired) electrons. The first-order chi connectivity index (χ1) is 7.74. The molecule has 1 aliphatic heterocycles. The lowest BCUT2D eigenvalue weighted by Gasteiger charge is -2.25. The highest BCUT2D eigenvalue weighted by molar-refractivity contribution is 5.74. The fraction of sp³-hybridized carbons (Fsp3) is 0.917. The van der Waals surface area contributed by atoms with Gasteiger partial charge in [-0.2, -0.15) is 0 Å². The number of hydrogen-bond acceptors (Lipinski definition) is 4. The Labute approximate surface area is 97.2 Å². The van der Waals surface area contributed by atoms with Crippen molar-refractivity contribution >= 4 is 5.97 Å². The second-order valence-corrected chi connectivity index (χ2v) is 4.10. The van der Waals surface area contributed by atoms with Gasteiger partial charge in [0.15, 0.2) is 12.4 Å². The molecular weight excluding hydrogens is 208 g/mol. The average molecular weight is 230 g/mol. The molecule has 0 bridgehead atoms. The zero-order valence-electron chi connectivity index (χ0n) is 10.2. The van der Waals surface area contributed by atoms with Gasteiger partial charge < -0.3 is 14.2 Å². The van der Waals surface area contributed by atoms with Crippen molar-refractivity contribution in [2.45, 2.75) is 58.3 Å². The van der Waals surface area contributed by atoms with Crippen molar-refractivity contribution in [3.05, 3.63) is 0 Å². The molecule has 0 aromatic heterocycles. The van der Waals surface area contributed by atoms with E-state index in [1.165, 1.54) is 0 Å². The van der Waals surface area contributed by atoms with Gasteiger partial charge in [-0.15, -0.1) is 0 Å². The molecule has 0 amide bonds. The van der Waals surface area contributed by atoms with Crippen molar-refractivity contribution in [1.29, 1.82) is 0 Å². The molecule has 0 N–H and O–H groups in total. The predicted octanol–water partition coefficient (Wildman–Crippen LogP) is 2.26. The molecule has 16 heavy (non-hydrogen) atoms. The van der Waals surface area contributed by atoms with Crippen molar-refractivity contribution in [1.82, 2.24) is 0 Å². The number of unbranched alkanes of at least 4 members (excludes halogenated alkanes) is 1. The minimum absolute atomic E-state index is 0.234. The lowest BCUT2D eigenvalue weighted by Crippen LogP contribution is -2.32. The Morgan fingerprint density at radius 2 is 2.31 bits per heavy atom. The van der Waals surface area contributed by atoms with E-state index in [-0.39, 0.29) is 12.3 Å². The maximum atomic E-state index is 11.5. The van der Waals surface area contributed by atoms with Crippen LogP contribution in [0.3, 0.4) is 0 Å². The van der Waals surface area contributed by atoms with Crippen LogP contribution in [0.25, 0.3) is 0 Å². The van der Waals surface area contributed by atoms with Gasteiger partial charge in [0, 0.05) is 6.61 Å². The summed E-state index contributed by atoms with van der Waals surface area (Å²) in [6.45, 7) is 4.98. The number of carbonyl (C=O) groups excluding carboxylic acids is 1.